The highest BCUT2D eigenvalue weighted by molar-refractivity contribution is 7.89. The number of hydrogen-bond acceptors (Lipinski definition) is 5. The van der Waals surface area contributed by atoms with Crippen LogP contribution >= 0.6 is 0 Å². The van der Waals surface area contributed by atoms with E-state index in [4.69, 9.17) is 0 Å². The van der Waals surface area contributed by atoms with Crippen LogP contribution in [0.3, 0.4) is 0 Å². The van der Waals surface area contributed by atoms with Gasteiger partial charge in [0.2, 0.25) is 15.8 Å². The van der Waals surface area contributed by atoms with Crippen molar-refractivity contribution < 1.29 is 22.1 Å². The summed E-state index contributed by atoms with van der Waals surface area (Å²) >= 11 is 0. The van der Waals surface area contributed by atoms with Gasteiger partial charge >= 0.3 is 5.69 Å². The zero-order valence-electron chi connectivity index (χ0n) is 10.8. The highest BCUT2D eigenvalue weighted by Gasteiger charge is 2.28. The molecule has 0 bridgehead atoms. The van der Waals surface area contributed by atoms with Gasteiger partial charge in [0.1, 0.15) is 10.7 Å². The number of hydrogen-bond donors (Lipinski definition) is 2. The topological polar surface area (TPSA) is 101 Å². The lowest BCUT2D eigenvalue weighted by Crippen LogP contribution is -2.45. The maximum Gasteiger partial charge on any atom is 0.306 e. The maximum atomic E-state index is 13.6. The van der Waals surface area contributed by atoms with E-state index in [-0.39, 0.29) is 6.07 Å². The molecule has 1 atom stereocenters. The zero-order chi connectivity index (χ0) is 15.6. The fourth-order valence-corrected chi connectivity index (χ4v) is 3.45. The van der Waals surface area contributed by atoms with E-state index >= 15 is 0 Å². The molecule has 1 aromatic rings. The smallest absolute Gasteiger partial charge is 0.306 e. The molecule has 1 saturated heterocycles. The molecule has 2 rings (SSSR count). The lowest BCUT2D eigenvalue weighted by molar-refractivity contribution is -0.387. The average Bonchev–Trinajstić information content (AvgIpc) is 2.38. The van der Waals surface area contributed by atoms with Gasteiger partial charge in [-0.25, -0.2) is 17.5 Å². The normalized spacial score (nSPS) is 19.4. The summed E-state index contributed by atoms with van der Waals surface area (Å²) in [4.78, 5) is 8.59. The number of benzene rings is 1. The number of piperidine rings is 1. The Morgan fingerprint density at radius 3 is 2.62 bits per heavy atom. The van der Waals surface area contributed by atoms with Crippen molar-refractivity contribution >= 4 is 15.7 Å². The molecule has 21 heavy (non-hydrogen) atoms. The molecule has 1 heterocycles. The van der Waals surface area contributed by atoms with E-state index in [1.165, 1.54) is 0 Å². The van der Waals surface area contributed by atoms with E-state index in [0.29, 0.717) is 19.0 Å². The van der Waals surface area contributed by atoms with Crippen LogP contribution in [0.2, 0.25) is 0 Å². The predicted molar refractivity (Wildman–Crippen MR) is 69.2 cm³/mol. The van der Waals surface area contributed by atoms with Gasteiger partial charge in [-0.1, -0.05) is 0 Å². The number of nitrogens with one attached hydrogen (secondary N) is 2. The Kier molecular flexibility index (Phi) is 4.49. The monoisotopic (exact) mass is 321 g/mol. The number of halogens is 2. The number of nitro benzene ring substituents is 1. The molecule has 0 unspecified atom stereocenters. The van der Waals surface area contributed by atoms with E-state index in [9.17, 15) is 27.3 Å². The summed E-state index contributed by atoms with van der Waals surface area (Å²) in [5, 5.41) is 13.6. The minimum Gasteiger partial charge on any atom is -0.315 e. The van der Waals surface area contributed by atoms with Gasteiger partial charge in [-0.2, -0.15) is 4.39 Å². The third kappa shape index (κ3) is 3.52. The van der Waals surface area contributed by atoms with Gasteiger partial charge in [0, 0.05) is 24.7 Å². The summed E-state index contributed by atoms with van der Waals surface area (Å²) in [7, 11) is -4.30. The van der Waals surface area contributed by atoms with Gasteiger partial charge in [0.05, 0.1) is 4.92 Å². The SMILES string of the molecule is O=[N+]([O-])c1cc(S(=O)(=O)N[C@H]2CCCNC2)c(F)cc1F. The van der Waals surface area contributed by atoms with Crippen LogP contribution in [0.4, 0.5) is 14.5 Å². The molecule has 10 heteroatoms. The fraction of sp³-hybridized carbons (Fsp3) is 0.455. The van der Waals surface area contributed by atoms with Crippen LogP contribution in [-0.4, -0.2) is 32.5 Å². The first-order valence-corrected chi connectivity index (χ1v) is 7.66. The summed E-state index contributed by atoms with van der Waals surface area (Å²) in [6.45, 7) is 1.14. The minimum atomic E-state index is -4.30. The largest absolute Gasteiger partial charge is 0.315 e. The van der Waals surface area contributed by atoms with Crippen molar-refractivity contribution in [3.8, 4) is 0 Å². The Morgan fingerprint density at radius 2 is 2.05 bits per heavy atom. The van der Waals surface area contributed by atoms with Crippen molar-refractivity contribution in [2.24, 2.45) is 0 Å². The second-order valence-electron chi connectivity index (χ2n) is 4.66. The first-order chi connectivity index (χ1) is 9.81. The van der Waals surface area contributed by atoms with Gasteiger partial charge in [-0.15, -0.1) is 0 Å². The maximum absolute atomic E-state index is 13.6. The highest BCUT2D eigenvalue weighted by Crippen LogP contribution is 2.25. The molecule has 2 N–H and O–H groups in total. The first-order valence-electron chi connectivity index (χ1n) is 6.18. The van der Waals surface area contributed by atoms with Crippen molar-refractivity contribution in [3.05, 3.63) is 33.9 Å². The zero-order valence-corrected chi connectivity index (χ0v) is 11.6. The Labute approximate surface area is 119 Å². The molecule has 0 radical (unpaired) electrons. The van der Waals surface area contributed by atoms with Crippen LogP contribution in [-0.2, 0) is 10.0 Å². The van der Waals surface area contributed by atoms with E-state index < -0.39 is 43.2 Å². The van der Waals surface area contributed by atoms with Gasteiger partial charge in [-0.05, 0) is 19.4 Å². The Bertz CT molecular complexity index is 660. The Balaban J connectivity index is 2.34. The molecule has 0 aliphatic carbocycles. The molecule has 0 aromatic heterocycles. The van der Waals surface area contributed by atoms with Gasteiger partial charge in [-0.3, -0.25) is 10.1 Å². The molecule has 1 aliphatic rings. The lowest BCUT2D eigenvalue weighted by atomic mass is 10.1. The quantitative estimate of drug-likeness (QED) is 0.634. The molecule has 0 spiro atoms. The third-order valence-corrected chi connectivity index (χ3v) is 4.64. The van der Waals surface area contributed by atoms with E-state index in [2.05, 4.69) is 10.0 Å². The van der Waals surface area contributed by atoms with Gasteiger partial charge in [0.15, 0.2) is 0 Å². The fourth-order valence-electron chi connectivity index (χ4n) is 2.10. The molecule has 1 aromatic carbocycles. The number of rotatable bonds is 4. The number of sulfonamides is 1. The molecule has 0 saturated carbocycles. The average molecular weight is 321 g/mol. The third-order valence-electron chi connectivity index (χ3n) is 3.11. The molecule has 116 valence electrons. The van der Waals surface area contributed by atoms with Crippen LogP contribution in [0, 0.1) is 21.7 Å². The van der Waals surface area contributed by atoms with E-state index in [1.54, 1.807) is 0 Å². The van der Waals surface area contributed by atoms with Gasteiger partial charge < -0.3 is 5.32 Å². The number of nitro groups is 1. The van der Waals surface area contributed by atoms with Crippen LogP contribution < -0.4 is 10.0 Å². The summed E-state index contributed by atoms with van der Waals surface area (Å²) in [5.41, 5.74) is -1.08. The number of nitrogens with zero attached hydrogens (tertiary/aromatic N) is 1. The van der Waals surface area contributed by atoms with Gasteiger partial charge in [0.25, 0.3) is 0 Å². The summed E-state index contributed by atoms with van der Waals surface area (Å²) in [6.07, 6.45) is 1.32. The van der Waals surface area contributed by atoms with Crippen molar-refractivity contribution in [1.82, 2.24) is 10.0 Å². The standard InChI is InChI=1S/C11H13F2N3O4S/c12-8-4-9(13)11(5-10(8)16(17)18)21(19,20)15-7-2-1-3-14-6-7/h4-5,7,14-15H,1-3,6H2/t7-/m0/s1. The molecular weight excluding hydrogens is 308 g/mol. The second kappa shape index (κ2) is 6.00. The summed E-state index contributed by atoms with van der Waals surface area (Å²) < 4.78 is 53.3. The van der Waals surface area contributed by atoms with Crippen LogP contribution in [0.5, 0.6) is 0 Å². The van der Waals surface area contributed by atoms with Crippen molar-refractivity contribution in [2.45, 2.75) is 23.8 Å². The summed E-state index contributed by atoms with van der Waals surface area (Å²) in [5.74, 6) is -2.79. The van der Waals surface area contributed by atoms with Crippen molar-refractivity contribution in [1.29, 1.82) is 0 Å². The van der Waals surface area contributed by atoms with E-state index in [0.717, 1.165) is 13.0 Å². The minimum absolute atomic E-state index is 0.200. The van der Waals surface area contributed by atoms with Crippen molar-refractivity contribution in [3.63, 3.8) is 0 Å². The highest BCUT2D eigenvalue weighted by atomic mass is 32.2. The molecule has 0 amide bonds. The predicted octanol–water partition coefficient (Wildman–Crippen LogP) is 0.903. The molecule has 1 aliphatic heterocycles. The molecule has 1 fully saturated rings. The lowest BCUT2D eigenvalue weighted by Gasteiger charge is -2.23. The molecular formula is C11H13F2N3O4S. The molecule has 7 nitrogen and oxygen atoms in total. The Hall–Kier alpha value is -1.65. The van der Waals surface area contributed by atoms with Crippen LogP contribution in [0.25, 0.3) is 0 Å². The van der Waals surface area contributed by atoms with Crippen LogP contribution in [0.1, 0.15) is 12.8 Å². The van der Waals surface area contributed by atoms with Crippen molar-refractivity contribution in [2.75, 3.05) is 13.1 Å². The Morgan fingerprint density at radius 1 is 1.33 bits per heavy atom. The first kappa shape index (κ1) is 15.7. The van der Waals surface area contributed by atoms with Crippen LogP contribution in [0.15, 0.2) is 17.0 Å². The summed E-state index contributed by atoms with van der Waals surface area (Å²) in [6, 6.07) is 0.155. The van der Waals surface area contributed by atoms with E-state index in [1.807, 2.05) is 0 Å². The second-order valence-corrected chi connectivity index (χ2v) is 6.34.